The molecule has 0 aliphatic heterocycles. The molecule has 0 unspecified atom stereocenters. The Balaban J connectivity index is 2.49. The Kier molecular flexibility index (Phi) is 5.47. The molecule has 1 rings (SSSR count). The first-order chi connectivity index (χ1) is 8.52. The third-order valence-corrected chi connectivity index (χ3v) is 3.18. The number of rotatable bonds is 6. The van der Waals surface area contributed by atoms with Gasteiger partial charge in [0.05, 0.1) is 10.6 Å². The SMILES string of the molecule is C=C(NNC(N)=O)c1cc(CNC(=O)CCl)cs1. The maximum Gasteiger partial charge on any atom is 0.330 e. The van der Waals surface area contributed by atoms with Crippen molar-refractivity contribution in [2.45, 2.75) is 6.54 Å². The zero-order valence-corrected chi connectivity index (χ0v) is 11.0. The minimum absolute atomic E-state index is 0.0617. The molecular weight excluding hydrogens is 276 g/mol. The average Bonchev–Trinajstić information content (AvgIpc) is 2.81. The minimum atomic E-state index is -0.692. The van der Waals surface area contributed by atoms with E-state index in [9.17, 15) is 9.59 Å². The monoisotopic (exact) mass is 288 g/mol. The highest BCUT2D eigenvalue weighted by molar-refractivity contribution is 7.11. The zero-order valence-electron chi connectivity index (χ0n) is 9.46. The molecule has 3 amide bonds. The minimum Gasteiger partial charge on any atom is -0.351 e. The molecule has 0 saturated carbocycles. The highest BCUT2D eigenvalue weighted by Crippen LogP contribution is 2.19. The molecule has 0 aromatic carbocycles. The molecule has 18 heavy (non-hydrogen) atoms. The molecule has 0 saturated heterocycles. The molecule has 98 valence electrons. The number of primary amides is 1. The van der Waals surface area contributed by atoms with E-state index in [0.717, 1.165) is 10.4 Å². The second kappa shape index (κ2) is 6.87. The number of nitrogens with one attached hydrogen (secondary N) is 3. The summed E-state index contributed by atoms with van der Waals surface area (Å²) in [6, 6.07) is 1.15. The summed E-state index contributed by atoms with van der Waals surface area (Å²) in [5.74, 6) is -0.287. The van der Waals surface area contributed by atoms with Gasteiger partial charge in [-0.2, -0.15) is 0 Å². The van der Waals surface area contributed by atoms with Gasteiger partial charge in [-0.25, -0.2) is 4.79 Å². The van der Waals surface area contributed by atoms with Crippen LogP contribution in [0.1, 0.15) is 10.4 Å². The molecule has 0 aliphatic rings. The van der Waals surface area contributed by atoms with E-state index in [4.69, 9.17) is 17.3 Å². The summed E-state index contributed by atoms with van der Waals surface area (Å²) in [5.41, 5.74) is 11.2. The Morgan fingerprint density at radius 2 is 2.17 bits per heavy atom. The van der Waals surface area contributed by atoms with E-state index in [0.29, 0.717) is 12.2 Å². The topological polar surface area (TPSA) is 96.2 Å². The van der Waals surface area contributed by atoms with Crippen molar-refractivity contribution in [2.75, 3.05) is 5.88 Å². The lowest BCUT2D eigenvalue weighted by molar-refractivity contribution is -0.118. The zero-order chi connectivity index (χ0) is 13.5. The second-order valence-corrected chi connectivity index (χ2v) is 4.50. The van der Waals surface area contributed by atoms with Crippen molar-refractivity contribution in [3.05, 3.63) is 28.5 Å². The van der Waals surface area contributed by atoms with Crippen LogP contribution in [0, 0.1) is 0 Å². The summed E-state index contributed by atoms with van der Waals surface area (Å²) in [6.07, 6.45) is 0. The highest BCUT2D eigenvalue weighted by atomic mass is 35.5. The maximum absolute atomic E-state index is 11.0. The molecule has 0 atom stereocenters. The van der Waals surface area contributed by atoms with Crippen LogP contribution in [0.3, 0.4) is 0 Å². The number of alkyl halides is 1. The molecule has 0 bridgehead atoms. The van der Waals surface area contributed by atoms with Crippen LogP contribution in [0.15, 0.2) is 18.0 Å². The van der Waals surface area contributed by atoms with Gasteiger partial charge < -0.3 is 11.1 Å². The number of thiophene rings is 1. The van der Waals surface area contributed by atoms with E-state index >= 15 is 0 Å². The van der Waals surface area contributed by atoms with E-state index in [2.05, 4.69) is 22.7 Å². The largest absolute Gasteiger partial charge is 0.351 e. The first kappa shape index (κ1) is 14.3. The van der Waals surface area contributed by atoms with Crippen molar-refractivity contribution >= 4 is 40.6 Å². The lowest BCUT2D eigenvalue weighted by atomic mass is 10.3. The predicted molar refractivity (Wildman–Crippen MR) is 71.8 cm³/mol. The van der Waals surface area contributed by atoms with Crippen LogP contribution in [0.4, 0.5) is 4.79 Å². The number of carbonyl (C=O) groups excluding carboxylic acids is 2. The summed E-state index contributed by atoms with van der Waals surface area (Å²) in [6.45, 7) is 4.14. The Bertz CT molecular complexity index is 460. The van der Waals surface area contributed by atoms with Gasteiger partial charge in [-0.3, -0.25) is 15.6 Å². The Labute approximate surface area is 113 Å². The summed E-state index contributed by atoms with van der Waals surface area (Å²) < 4.78 is 0. The number of hydrazine groups is 1. The van der Waals surface area contributed by atoms with Gasteiger partial charge in [0, 0.05) is 6.54 Å². The van der Waals surface area contributed by atoms with Gasteiger partial charge in [0.2, 0.25) is 5.91 Å². The number of amides is 3. The Hall–Kier alpha value is -1.73. The standard InChI is InChI=1S/C10H13ClN4O2S/c1-6(14-15-10(12)17)8-2-7(5-18-8)4-13-9(16)3-11/h2,5,14H,1,3-4H2,(H,13,16)(H3,12,15,17). The molecule has 1 aromatic heterocycles. The Morgan fingerprint density at radius 3 is 2.78 bits per heavy atom. The van der Waals surface area contributed by atoms with Crippen LogP contribution in [0.2, 0.25) is 0 Å². The Morgan fingerprint density at radius 1 is 1.44 bits per heavy atom. The molecule has 1 aromatic rings. The van der Waals surface area contributed by atoms with E-state index < -0.39 is 6.03 Å². The van der Waals surface area contributed by atoms with E-state index in [1.807, 2.05) is 11.4 Å². The van der Waals surface area contributed by atoms with Gasteiger partial charge in [-0.15, -0.1) is 22.9 Å². The van der Waals surface area contributed by atoms with Crippen LogP contribution in [0.25, 0.3) is 5.70 Å². The van der Waals surface area contributed by atoms with Crippen LogP contribution >= 0.6 is 22.9 Å². The first-order valence-corrected chi connectivity index (χ1v) is 6.35. The number of hydrogen-bond donors (Lipinski definition) is 4. The summed E-state index contributed by atoms with van der Waals surface area (Å²) in [5, 5.41) is 4.52. The first-order valence-electron chi connectivity index (χ1n) is 4.93. The van der Waals surface area contributed by atoms with Crippen molar-refractivity contribution in [3.8, 4) is 0 Å². The quantitative estimate of drug-likeness (QED) is 0.459. The molecule has 0 aliphatic carbocycles. The van der Waals surface area contributed by atoms with Gasteiger partial charge in [0.1, 0.15) is 5.88 Å². The number of urea groups is 1. The average molecular weight is 289 g/mol. The van der Waals surface area contributed by atoms with Crippen molar-refractivity contribution in [2.24, 2.45) is 5.73 Å². The van der Waals surface area contributed by atoms with Crippen molar-refractivity contribution in [1.29, 1.82) is 0 Å². The molecule has 5 N–H and O–H groups in total. The molecule has 8 heteroatoms. The van der Waals surface area contributed by atoms with Gasteiger partial charge in [-0.1, -0.05) is 6.58 Å². The lowest BCUT2D eigenvalue weighted by Gasteiger charge is -2.06. The van der Waals surface area contributed by atoms with Gasteiger partial charge in [0.15, 0.2) is 0 Å². The second-order valence-electron chi connectivity index (χ2n) is 3.32. The van der Waals surface area contributed by atoms with Gasteiger partial charge >= 0.3 is 6.03 Å². The number of nitrogens with two attached hydrogens (primary N) is 1. The van der Waals surface area contributed by atoms with Crippen molar-refractivity contribution in [3.63, 3.8) is 0 Å². The molecule has 0 spiro atoms. The number of hydrogen-bond acceptors (Lipinski definition) is 4. The smallest absolute Gasteiger partial charge is 0.330 e. The fraction of sp³-hybridized carbons (Fsp3) is 0.200. The summed E-state index contributed by atoms with van der Waals surface area (Å²) in [7, 11) is 0. The fourth-order valence-electron chi connectivity index (χ4n) is 1.07. The number of carbonyl (C=O) groups is 2. The molecule has 0 fully saturated rings. The fourth-order valence-corrected chi connectivity index (χ4v) is 2.01. The molecule has 6 nitrogen and oxygen atoms in total. The molecule has 0 radical (unpaired) electrons. The van der Waals surface area contributed by atoms with Crippen LogP contribution in [-0.2, 0) is 11.3 Å². The highest BCUT2D eigenvalue weighted by Gasteiger charge is 2.05. The van der Waals surface area contributed by atoms with E-state index in [-0.39, 0.29) is 11.8 Å². The third-order valence-electron chi connectivity index (χ3n) is 1.90. The molecule has 1 heterocycles. The van der Waals surface area contributed by atoms with Gasteiger partial charge in [-0.05, 0) is 17.0 Å². The van der Waals surface area contributed by atoms with E-state index in [1.165, 1.54) is 11.3 Å². The van der Waals surface area contributed by atoms with Gasteiger partial charge in [0.25, 0.3) is 0 Å². The van der Waals surface area contributed by atoms with Crippen LogP contribution < -0.4 is 21.9 Å². The van der Waals surface area contributed by atoms with Crippen molar-refractivity contribution < 1.29 is 9.59 Å². The van der Waals surface area contributed by atoms with Crippen LogP contribution in [-0.4, -0.2) is 17.8 Å². The lowest BCUT2D eigenvalue weighted by Crippen LogP contribution is -2.39. The maximum atomic E-state index is 11.0. The number of halogens is 1. The summed E-state index contributed by atoms with van der Waals surface area (Å²) in [4.78, 5) is 22.3. The third kappa shape index (κ3) is 4.64. The van der Waals surface area contributed by atoms with Crippen molar-refractivity contribution in [1.82, 2.24) is 16.2 Å². The summed E-state index contributed by atoms with van der Waals surface area (Å²) >= 11 is 6.79. The molecular formula is C10H13ClN4O2S. The van der Waals surface area contributed by atoms with E-state index in [1.54, 1.807) is 0 Å². The predicted octanol–water partition coefficient (Wildman–Crippen LogP) is 0.747. The normalized spacial score (nSPS) is 9.61. The van der Waals surface area contributed by atoms with Crippen LogP contribution in [0.5, 0.6) is 0 Å².